The first-order chi connectivity index (χ1) is 4.83. The molecule has 0 aromatic carbocycles. The highest BCUT2D eigenvalue weighted by Crippen LogP contribution is 1.92. The second kappa shape index (κ2) is 3.00. The Morgan fingerprint density at radius 3 is 3.20 bits per heavy atom. The normalized spacial score (nSPS) is 9.30. The summed E-state index contributed by atoms with van der Waals surface area (Å²) in [5.74, 6) is 0. The Balaban J connectivity index is 2.49. The SMILES string of the molecule is Cc1cnn(COC=O)c1. The molecule has 1 heterocycles. The van der Waals surface area contributed by atoms with E-state index in [9.17, 15) is 4.79 Å². The van der Waals surface area contributed by atoms with Crippen LogP contribution in [0.1, 0.15) is 5.56 Å². The minimum Gasteiger partial charge on any atom is -0.445 e. The average Bonchev–Trinajstić information content (AvgIpc) is 2.31. The van der Waals surface area contributed by atoms with Gasteiger partial charge in [-0.3, -0.25) is 4.79 Å². The molecule has 1 aromatic rings. The molecule has 0 aliphatic rings. The zero-order valence-electron chi connectivity index (χ0n) is 5.65. The Hall–Kier alpha value is -1.32. The van der Waals surface area contributed by atoms with Crippen molar-refractivity contribution >= 4 is 6.47 Å². The monoisotopic (exact) mass is 140 g/mol. The van der Waals surface area contributed by atoms with Crippen LogP contribution in [0.2, 0.25) is 0 Å². The number of aryl methyl sites for hydroxylation is 1. The molecule has 1 rings (SSSR count). The Kier molecular flexibility index (Phi) is 2.04. The van der Waals surface area contributed by atoms with Gasteiger partial charge in [-0.05, 0) is 12.5 Å². The van der Waals surface area contributed by atoms with E-state index in [1.165, 1.54) is 0 Å². The predicted octanol–water partition coefficient (Wildman–Crippen LogP) is 0.322. The minimum absolute atomic E-state index is 0.192. The molecule has 54 valence electrons. The van der Waals surface area contributed by atoms with Gasteiger partial charge in [0.15, 0.2) is 6.73 Å². The van der Waals surface area contributed by atoms with Crippen LogP contribution in [0.25, 0.3) is 0 Å². The van der Waals surface area contributed by atoms with E-state index in [0.29, 0.717) is 6.47 Å². The van der Waals surface area contributed by atoms with Gasteiger partial charge in [0.2, 0.25) is 0 Å². The first kappa shape index (κ1) is 6.80. The summed E-state index contributed by atoms with van der Waals surface area (Å²) in [5, 5.41) is 3.89. The van der Waals surface area contributed by atoms with Gasteiger partial charge in [0.05, 0.1) is 6.20 Å². The fraction of sp³-hybridized carbons (Fsp3) is 0.333. The van der Waals surface area contributed by atoms with E-state index >= 15 is 0 Å². The number of hydrogen-bond donors (Lipinski definition) is 0. The molecule has 0 radical (unpaired) electrons. The highest BCUT2D eigenvalue weighted by atomic mass is 16.5. The first-order valence-electron chi connectivity index (χ1n) is 2.87. The van der Waals surface area contributed by atoms with Crippen molar-refractivity contribution in [2.45, 2.75) is 13.7 Å². The van der Waals surface area contributed by atoms with Crippen LogP contribution in [0, 0.1) is 6.92 Å². The molecule has 0 atom stereocenters. The number of ether oxygens (including phenoxy) is 1. The summed E-state index contributed by atoms with van der Waals surface area (Å²) in [5.41, 5.74) is 1.05. The van der Waals surface area contributed by atoms with E-state index < -0.39 is 0 Å². The molecule has 0 saturated heterocycles. The van der Waals surface area contributed by atoms with Crippen LogP contribution in [-0.2, 0) is 16.3 Å². The highest BCUT2D eigenvalue weighted by Gasteiger charge is 1.90. The smallest absolute Gasteiger partial charge is 0.294 e. The molecule has 0 aliphatic heterocycles. The molecule has 4 nitrogen and oxygen atoms in total. The standard InChI is InChI=1S/C6H8N2O2/c1-6-2-7-8(3-6)4-10-5-9/h2-3,5H,4H2,1H3. The average molecular weight is 140 g/mol. The lowest BCUT2D eigenvalue weighted by Gasteiger charge is -1.95. The van der Waals surface area contributed by atoms with Crippen LogP contribution in [0.4, 0.5) is 0 Å². The van der Waals surface area contributed by atoms with Gasteiger partial charge in [0.1, 0.15) is 0 Å². The third-order valence-corrected chi connectivity index (χ3v) is 1.04. The molecule has 4 heteroatoms. The third kappa shape index (κ3) is 1.58. The van der Waals surface area contributed by atoms with E-state index in [0.717, 1.165) is 5.56 Å². The summed E-state index contributed by atoms with van der Waals surface area (Å²) in [6, 6.07) is 0. The van der Waals surface area contributed by atoms with Crippen molar-refractivity contribution < 1.29 is 9.53 Å². The van der Waals surface area contributed by atoms with Crippen LogP contribution in [-0.4, -0.2) is 16.3 Å². The van der Waals surface area contributed by atoms with E-state index in [1.54, 1.807) is 17.1 Å². The quantitative estimate of drug-likeness (QED) is 0.568. The molecule has 10 heavy (non-hydrogen) atoms. The maximum Gasteiger partial charge on any atom is 0.294 e. The van der Waals surface area contributed by atoms with Crippen molar-refractivity contribution in [1.82, 2.24) is 9.78 Å². The van der Waals surface area contributed by atoms with Crippen molar-refractivity contribution in [3.63, 3.8) is 0 Å². The van der Waals surface area contributed by atoms with Crippen LogP contribution in [0.15, 0.2) is 12.4 Å². The van der Waals surface area contributed by atoms with Gasteiger partial charge in [-0.15, -0.1) is 0 Å². The Morgan fingerprint density at radius 1 is 1.90 bits per heavy atom. The molecule has 0 saturated carbocycles. The lowest BCUT2D eigenvalue weighted by Crippen LogP contribution is -2.00. The van der Waals surface area contributed by atoms with Gasteiger partial charge in [-0.2, -0.15) is 5.10 Å². The van der Waals surface area contributed by atoms with E-state index in [2.05, 4.69) is 9.84 Å². The molecule has 0 bridgehead atoms. The number of aromatic nitrogens is 2. The van der Waals surface area contributed by atoms with Gasteiger partial charge in [-0.25, -0.2) is 4.68 Å². The van der Waals surface area contributed by atoms with Gasteiger partial charge < -0.3 is 4.74 Å². The first-order valence-corrected chi connectivity index (χ1v) is 2.87. The zero-order valence-corrected chi connectivity index (χ0v) is 5.65. The second-order valence-corrected chi connectivity index (χ2v) is 1.95. The second-order valence-electron chi connectivity index (χ2n) is 1.95. The summed E-state index contributed by atoms with van der Waals surface area (Å²) in [4.78, 5) is 9.72. The zero-order chi connectivity index (χ0) is 7.40. The molecular weight excluding hydrogens is 132 g/mol. The van der Waals surface area contributed by atoms with E-state index in [-0.39, 0.29) is 6.73 Å². The Labute approximate surface area is 58.4 Å². The minimum atomic E-state index is 0.192. The van der Waals surface area contributed by atoms with Crippen LogP contribution in [0.5, 0.6) is 0 Å². The van der Waals surface area contributed by atoms with Gasteiger partial charge >= 0.3 is 0 Å². The predicted molar refractivity (Wildman–Crippen MR) is 34.1 cm³/mol. The van der Waals surface area contributed by atoms with Crippen LogP contribution in [0.3, 0.4) is 0 Å². The van der Waals surface area contributed by atoms with Crippen molar-refractivity contribution in [2.24, 2.45) is 0 Å². The molecule has 0 unspecified atom stereocenters. The summed E-state index contributed by atoms with van der Waals surface area (Å²) in [6.45, 7) is 2.51. The maximum atomic E-state index is 9.72. The van der Waals surface area contributed by atoms with Crippen LogP contribution >= 0.6 is 0 Å². The van der Waals surface area contributed by atoms with Crippen molar-refractivity contribution in [1.29, 1.82) is 0 Å². The third-order valence-electron chi connectivity index (χ3n) is 1.04. The maximum absolute atomic E-state index is 9.72. The molecule has 0 aliphatic carbocycles. The molecule has 1 aromatic heterocycles. The van der Waals surface area contributed by atoms with Gasteiger partial charge in [0, 0.05) is 6.20 Å². The molecule has 0 N–H and O–H groups in total. The summed E-state index contributed by atoms with van der Waals surface area (Å²) in [7, 11) is 0. The molecule has 0 spiro atoms. The topological polar surface area (TPSA) is 44.1 Å². The largest absolute Gasteiger partial charge is 0.445 e. The lowest BCUT2D eigenvalue weighted by molar-refractivity contribution is -0.132. The van der Waals surface area contributed by atoms with Crippen molar-refractivity contribution in [3.8, 4) is 0 Å². The number of nitrogens with zero attached hydrogens (tertiary/aromatic N) is 2. The highest BCUT2D eigenvalue weighted by molar-refractivity contribution is 5.36. The molecular formula is C6H8N2O2. The number of carbonyl (C=O) groups is 1. The number of hydrogen-bond acceptors (Lipinski definition) is 3. The number of rotatable bonds is 3. The van der Waals surface area contributed by atoms with Crippen molar-refractivity contribution in [3.05, 3.63) is 18.0 Å². The van der Waals surface area contributed by atoms with E-state index in [4.69, 9.17) is 0 Å². The summed E-state index contributed by atoms with van der Waals surface area (Å²) in [6.07, 6.45) is 3.50. The van der Waals surface area contributed by atoms with Gasteiger partial charge in [-0.1, -0.05) is 0 Å². The fourth-order valence-corrected chi connectivity index (χ4v) is 0.644. The summed E-state index contributed by atoms with van der Waals surface area (Å²) >= 11 is 0. The molecule has 0 fully saturated rings. The van der Waals surface area contributed by atoms with Gasteiger partial charge in [0.25, 0.3) is 6.47 Å². The Morgan fingerprint density at radius 2 is 2.70 bits per heavy atom. The molecule has 0 amide bonds. The van der Waals surface area contributed by atoms with E-state index in [1.807, 2.05) is 6.92 Å². The summed E-state index contributed by atoms with van der Waals surface area (Å²) < 4.78 is 6.00. The number of carbonyl (C=O) groups excluding carboxylic acids is 1. The Bertz CT molecular complexity index is 219. The lowest BCUT2D eigenvalue weighted by atomic mass is 10.4. The fourth-order valence-electron chi connectivity index (χ4n) is 0.644. The van der Waals surface area contributed by atoms with Crippen LogP contribution < -0.4 is 0 Å². The van der Waals surface area contributed by atoms with Crippen molar-refractivity contribution in [2.75, 3.05) is 0 Å².